The summed E-state index contributed by atoms with van der Waals surface area (Å²) in [5.41, 5.74) is 1.65. The number of aromatic nitrogens is 1. The fourth-order valence-corrected chi connectivity index (χ4v) is 5.90. The fourth-order valence-electron chi connectivity index (χ4n) is 4.60. The summed E-state index contributed by atoms with van der Waals surface area (Å²) in [6.07, 6.45) is 0.434. The highest BCUT2D eigenvalue weighted by molar-refractivity contribution is 7.22. The van der Waals surface area contributed by atoms with Crippen molar-refractivity contribution >= 4 is 56.0 Å². The predicted molar refractivity (Wildman–Crippen MR) is 134 cm³/mol. The van der Waals surface area contributed by atoms with Crippen molar-refractivity contribution in [3.63, 3.8) is 0 Å². The summed E-state index contributed by atoms with van der Waals surface area (Å²) in [6.45, 7) is 6.28. The van der Waals surface area contributed by atoms with Crippen molar-refractivity contribution in [3.05, 3.63) is 58.6 Å². The third-order valence-corrected chi connectivity index (χ3v) is 7.63. The van der Waals surface area contributed by atoms with Gasteiger partial charge in [-0.25, -0.2) is 4.98 Å². The van der Waals surface area contributed by atoms with Crippen LogP contribution in [0.2, 0.25) is 5.02 Å². The van der Waals surface area contributed by atoms with E-state index in [0.29, 0.717) is 48.7 Å². The van der Waals surface area contributed by atoms with Crippen LogP contribution in [0.4, 0.5) is 5.13 Å². The van der Waals surface area contributed by atoms with E-state index in [1.165, 1.54) is 4.90 Å². The zero-order valence-electron chi connectivity index (χ0n) is 19.0. The third kappa shape index (κ3) is 4.05. The molecule has 9 heteroatoms. The first-order valence-corrected chi connectivity index (χ1v) is 12.6. The number of carbonyl (C=O) groups is 3. The number of piperazine rings is 1. The van der Waals surface area contributed by atoms with Crippen LogP contribution in [0.25, 0.3) is 10.2 Å². The molecule has 0 N–H and O–H groups in total. The summed E-state index contributed by atoms with van der Waals surface area (Å²) in [6, 6.07) is 11.6. The number of halogens is 1. The minimum Gasteiger partial charge on any atom is -0.345 e. The lowest BCUT2D eigenvalue weighted by Crippen LogP contribution is -2.56. The van der Waals surface area contributed by atoms with Gasteiger partial charge in [0.15, 0.2) is 5.13 Å². The van der Waals surface area contributed by atoms with E-state index in [0.717, 1.165) is 15.3 Å². The average molecular weight is 497 g/mol. The minimum absolute atomic E-state index is 0.147. The van der Waals surface area contributed by atoms with E-state index in [9.17, 15) is 14.4 Å². The van der Waals surface area contributed by atoms with Gasteiger partial charge in [0.05, 0.1) is 21.3 Å². The highest BCUT2D eigenvalue weighted by atomic mass is 35.5. The second kappa shape index (κ2) is 9.00. The molecule has 176 valence electrons. The van der Waals surface area contributed by atoms with E-state index in [1.807, 2.05) is 32.0 Å². The van der Waals surface area contributed by atoms with E-state index in [1.54, 1.807) is 40.5 Å². The smallest absolute Gasteiger partial charge is 0.262 e. The van der Waals surface area contributed by atoms with Gasteiger partial charge < -0.3 is 9.80 Å². The van der Waals surface area contributed by atoms with Gasteiger partial charge in [-0.1, -0.05) is 48.9 Å². The number of anilines is 1. The SMILES string of the molecule is CC(C)CC(C(=O)N1CCN(c2nc3ccc(Cl)cc3s2)CC1)N1C(=O)c2ccccc2C1=O. The second-order valence-electron chi connectivity index (χ2n) is 9.09. The summed E-state index contributed by atoms with van der Waals surface area (Å²) in [7, 11) is 0. The van der Waals surface area contributed by atoms with Crippen LogP contribution >= 0.6 is 22.9 Å². The molecule has 1 unspecified atom stereocenters. The maximum absolute atomic E-state index is 13.6. The molecule has 5 rings (SSSR count). The van der Waals surface area contributed by atoms with Crippen LogP contribution in [0.15, 0.2) is 42.5 Å². The van der Waals surface area contributed by atoms with Gasteiger partial charge in [0.1, 0.15) is 6.04 Å². The van der Waals surface area contributed by atoms with Gasteiger partial charge in [0.2, 0.25) is 5.91 Å². The van der Waals surface area contributed by atoms with Gasteiger partial charge in [-0.15, -0.1) is 0 Å². The topological polar surface area (TPSA) is 73.8 Å². The minimum atomic E-state index is -0.802. The molecule has 0 aliphatic carbocycles. The first kappa shape index (κ1) is 22.8. The maximum Gasteiger partial charge on any atom is 0.262 e. The Labute approximate surface area is 206 Å². The molecule has 34 heavy (non-hydrogen) atoms. The van der Waals surface area contributed by atoms with Crippen molar-refractivity contribution in [2.75, 3.05) is 31.1 Å². The molecule has 0 spiro atoms. The lowest BCUT2D eigenvalue weighted by atomic mass is 10.0. The third-order valence-electron chi connectivity index (χ3n) is 6.32. The summed E-state index contributed by atoms with van der Waals surface area (Å²) in [5.74, 6) is -0.786. The first-order valence-electron chi connectivity index (χ1n) is 11.4. The lowest BCUT2D eigenvalue weighted by molar-refractivity contribution is -0.136. The molecule has 3 amide bonds. The van der Waals surface area contributed by atoms with E-state index in [4.69, 9.17) is 16.6 Å². The van der Waals surface area contributed by atoms with Crippen molar-refractivity contribution < 1.29 is 14.4 Å². The lowest BCUT2D eigenvalue weighted by Gasteiger charge is -2.38. The molecule has 0 bridgehead atoms. The molecule has 0 radical (unpaired) electrons. The van der Waals surface area contributed by atoms with Gasteiger partial charge in [-0.2, -0.15) is 0 Å². The quantitative estimate of drug-likeness (QED) is 0.492. The van der Waals surface area contributed by atoms with Gasteiger partial charge >= 0.3 is 0 Å². The van der Waals surface area contributed by atoms with Crippen LogP contribution in [-0.2, 0) is 4.79 Å². The molecule has 2 aliphatic heterocycles. The summed E-state index contributed by atoms with van der Waals surface area (Å²) >= 11 is 7.69. The summed E-state index contributed by atoms with van der Waals surface area (Å²) < 4.78 is 1.03. The van der Waals surface area contributed by atoms with Gasteiger partial charge in [0.25, 0.3) is 11.8 Å². The molecular weight excluding hydrogens is 472 g/mol. The van der Waals surface area contributed by atoms with E-state index >= 15 is 0 Å². The zero-order chi connectivity index (χ0) is 24.0. The molecular formula is C25H25ClN4O3S. The standard InChI is InChI=1S/C25H25ClN4O3S/c1-15(2)13-20(30-22(31)17-5-3-4-6-18(17)23(30)32)24(33)28-9-11-29(12-10-28)25-27-19-8-7-16(26)14-21(19)34-25/h3-8,14-15,20H,9-13H2,1-2H3. The zero-order valence-corrected chi connectivity index (χ0v) is 20.6. The van der Waals surface area contributed by atoms with Crippen molar-refractivity contribution in [3.8, 4) is 0 Å². The van der Waals surface area contributed by atoms with Gasteiger partial charge in [-0.05, 0) is 42.7 Å². The number of hydrogen-bond acceptors (Lipinski definition) is 6. The highest BCUT2D eigenvalue weighted by Gasteiger charge is 2.44. The van der Waals surface area contributed by atoms with Crippen LogP contribution in [0.5, 0.6) is 0 Å². The van der Waals surface area contributed by atoms with E-state index in [2.05, 4.69) is 4.90 Å². The highest BCUT2D eigenvalue weighted by Crippen LogP contribution is 2.32. The number of hydrogen-bond donors (Lipinski definition) is 0. The molecule has 7 nitrogen and oxygen atoms in total. The molecule has 1 fully saturated rings. The number of fused-ring (bicyclic) bond motifs is 2. The molecule has 1 atom stereocenters. The number of benzene rings is 2. The Balaban J connectivity index is 1.32. The van der Waals surface area contributed by atoms with Crippen LogP contribution in [0, 0.1) is 5.92 Å². The molecule has 2 aromatic carbocycles. The normalized spacial score (nSPS) is 17.1. The van der Waals surface area contributed by atoms with Gasteiger partial charge in [0, 0.05) is 31.2 Å². The van der Waals surface area contributed by atoms with Gasteiger partial charge in [-0.3, -0.25) is 19.3 Å². The van der Waals surface area contributed by atoms with Crippen molar-refractivity contribution in [2.24, 2.45) is 5.92 Å². The Morgan fingerprint density at radius 2 is 1.68 bits per heavy atom. The molecule has 3 heterocycles. The number of imide groups is 1. The van der Waals surface area contributed by atoms with Crippen molar-refractivity contribution in [1.29, 1.82) is 0 Å². The molecule has 3 aromatic rings. The van der Waals surface area contributed by atoms with E-state index in [-0.39, 0.29) is 23.6 Å². The predicted octanol–water partition coefficient (Wildman–Crippen LogP) is 4.31. The van der Waals surface area contributed by atoms with Crippen LogP contribution in [0.3, 0.4) is 0 Å². The summed E-state index contributed by atoms with van der Waals surface area (Å²) in [4.78, 5) is 49.6. The Kier molecular flexibility index (Phi) is 6.04. The number of nitrogens with zero attached hydrogens (tertiary/aromatic N) is 4. The van der Waals surface area contributed by atoms with Crippen molar-refractivity contribution in [2.45, 2.75) is 26.3 Å². The van der Waals surface area contributed by atoms with Crippen molar-refractivity contribution in [1.82, 2.24) is 14.8 Å². The summed E-state index contributed by atoms with van der Waals surface area (Å²) in [5, 5.41) is 1.59. The molecule has 0 saturated carbocycles. The molecule has 1 saturated heterocycles. The molecule has 2 aliphatic rings. The number of amides is 3. The first-order chi connectivity index (χ1) is 16.3. The van der Waals surface area contributed by atoms with E-state index < -0.39 is 6.04 Å². The largest absolute Gasteiger partial charge is 0.345 e. The number of rotatable bonds is 5. The monoisotopic (exact) mass is 496 g/mol. The van der Waals surface area contributed by atoms with Crippen LogP contribution in [0.1, 0.15) is 41.0 Å². The van der Waals surface area contributed by atoms with Crippen LogP contribution in [-0.4, -0.2) is 64.7 Å². The Hall–Kier alpha value is -2.97. The Morgan fingerprint density at radius 1 is 1.03 bits per heavy atom. The number of thiazole rings is 1. The fraction of sp³-hybridized carbons (Fsp3) is 0.360. The second-order valence-corrected chi connectivity index (χ2v) is 10.5. The number of carbonyl (C=O) groups excluding carboxylic acids is 3. The Bertz CT molecular complexity index is 1250. The Morgan fingerprint density at radius 3 is 2.29 bits per heavy atom. The average Bonchev–Trinajstić information content (AvgIpc) is 3.36. The van der Waals surface area contributed by atoms with Crippen LogP contribution < -0.4 is 4.90 Å². The maximum atomic E-state index is 13.6. The molecule has 1 aromatic heterocycles.